The molecule has 4 heteroatoms. The molecular formula is C15H10ClFOS. The van der Waals surface area contributed by atoms with Crippen molar-refractivity contribution in [3.8, 4) is 5.75 Å². The van der Waals surface area contributed by atoms with Crippen LogP contribution in [0, 0.1) is 5.82 Å². The standard InChI is InChI=1S/C15H10ClFOS/c16-11-5-6-15-10(7-11)8-12(19-15)9-18-14-4-2-1-3-13(14)17/h1-8H,9H2. The highest BCUT2D eigenvalue weighted by atomic mass is 35.5. The molecule has 1 aromatic heterocycles. The third-order valence-electron chi connectivity index (χ3n) is 2.74. The molecule has 0 aliphatic carbocycles. The molecule has 0 saturated heterocycles. The van der Waals surface area contributed by atoms with Crippen molar-refractivity contribution in [1.82, 2.24) is 0 Å². The van der Waals surface area contributed by atoms with Crippen molar-refractivity contribution in [3.05, 3.63) is 64.2 Å². The van der Waals surface area contributed by atoms with Crippen LogP contribution in [0.1, 0.15) is 4.88 Å². The van der Waals surface area contributed by atoms with Gasteiger partial charge >= 0.3 is 0 Å². The number of ether oxygens (including phenoxy) is 1. The fourth-order valence-electron chi connectivity index (χ4n) is 1.85. The highest BCUT2D eigenvalue weighted by Crippen LogP contribution is 2.29. The normalized spacial score (nSPS) is 10.8. The Bertz CT molecular complexity index is 723. The number of thiophene rings is 1. The molecular weight excluding hydrogens is 283 g/mol. The molecule has 0 N–H and O–H groups in total. The van der Waals surface area contributed by atoms with E-state index in [1.165, 1.54) is 6.07 Å². The molecule has 3 aromatic rings. The average molecular weight is 293 g/mol. The molecule has 0 amide bonds. The van der Waals surface area contributed by atoms with Gasteiger partial charge in [-0.05, 0) is 41.8 Å². The number of rotatable bonds is 3. The average Bonchev–Trinajstić information content (AvgIpc) is 2.79. The van der Waals surface area contributed by atoms with Gasteiger partial charge in [-0.15, -0.1) is 11.3 Å². The summed E-state index contributed by atoms with van der Waals surface area (Å²) in [5.41, 5.74) is 0. The molecule has 1 heterocycles. The van der Waals surface area contributed by atoms with Crippen molar-refractivity contribution in [2.45, 2.75) is 6.61 Å². The third kappa shape index (κ3) is 2.72. The Labute approximate surface area is 119 Å². The van der Waals surface area contributed by atoms with Gasteiger partial charge in [0.1, 0.15) is 6.61 Å². The minimum atomic E-state index is -0.341. The first-order chi connectivity index (χ1) is 9.22. The van der Waals surface area contributed by atoms with Gasteiger partial charge < -0.3 is 4.74 Å². The van der Waals surface area contributed by atoms with Crippen molar-refractivity contribution in [2.24, 2.45) is 0 Å². The Morgan fingerprint density at radius 2 is 1.95 bits per heavy atom. The Morgan fingerprint density at radius 1 is 1.11 bits per heavy atom. The fourth-order valence-corrected chi connectivity index (χ4v) is 2.99. The molecule has 0 aliphatic heterocycles. The summed E-state index contributed by atoms with van der Waals surface area (Å²) in [7, 11) is 0. The van der Waals surface area contributed by atoms with Crippen molar-refractivity contribution >= 4 is 33.0 Å². The van der Waals surface area contributed by atoms with Gasteiger partial charge in [0.05, 0.1) is 0 Å². The first-order valence-corrected chi connectivity index (χ1v) is 6.97. The summed E-state index contributed by atoms with van der Waals surface area (Å²) in [5, 5.41) is 1.80. The van der Waals surface area contributed by atoms with Gasteiger partial charge in [-0.25, -0.2) is 4.39 Å². The Kier molecular flexibility index (Phi) is 3.40. The number of benzene rings is 2. The SMILES string of the molecule is Fc1ccccc1OCc1cc2cc(Cl)ccc2s1. The van der Waals surface area contributed by atoms with Gasteiger partial charge in [0, 0.05) is 14.6 Å². The van der Waals surface area contributed by atoms with E-state index in [1.54, 1.807) is 29.5 Å². The predicted octanol–water partition coefficient (Wildman–Crippen LogP) is 5.27. The fraction of sp³-hybridized carbons (Fsp3) is 0.0667. The first kappa shape index (κ1) is 12.5. The van der Waals surface area contributed by atoms with Crippen molar-refractivity contribution in [2.75, 3.05) is 0 Å². The molecule has 0 spiro atoms. The van der Waals surface area contributed by atoms with Crippen LogP contribution in [0.4, 0.5) is 4.39 Å². The molecule has 0 atom stereocenters. The molecule has 19 heavy (non-hydrogen) atoms. The van der Waals surface area contributed by atoms with E-state index in [0.29, 0.717) is 11.6 Å². The molecule has 2 aromatic carbocycles. The van der Waals surface area contributed by atoms with Crippen LogP contribution in [0.3, 0.4) is 0 Å². The summed E-state index contributed by atoms with van der Waals surface area (Å²) in [6.07, 6.45) is 0. The molecule has 0 radical (unpaired) electrons. The van der Waals surface area contributed by atoms with Crippen molar-refractivity contribution in [3.63, 3.8) is 0 Å². The van der Waals surface area contributed by atoms with Crippen LogP contribution in [-0.2, 0) is 6.61 Å². The highest BCUT2D eigenvalue weighted by Gasteiger charge is 2.05. The molecule has 96 valence electrons. The number of para-hydroxylation sites is 1. The highest BCUT2D eigenvalue weighted by molar-refractivity contribution is 7.19. The largest absolute Gasteiger partial charge is 0.485 e. The van der Waals surface area contributed by atoms with Gasteiger partial charge in [-0.3, -0.25) is 0 Å². The molecule has 0 bridgehead atoms. The maximum Gasteiger partial charge on any atom is 0.165 e. The number of hydrogen-bond acceptors (Lipinski definition) is 2. The van der Waals surface area contributed by atoms with Gasteiger partial charge in [-0.1, -0.05) is 23.7 Å². The molecule has 1 nitrogen and oxygen atoms in total. The zero-order chi connectivity index (χ0) is 13.2. The van der Waals surface area contributed by atoms with Crippen LogP contribution in [0.15, 0.2) is 48.5 Å². The van der Waals surface area contributed by atoms with Crippen LogP contribution in [0.5, 0.6) is 5.75 Å². The van der Waals surface area contributed by atoms with Crippen LogP contribution in [0.25, 0.3) is 10.1 Å². The second-order valence-electron chi connectivity index (χ2n) is 4.11. The lowest BCUT2D eigenvalue weighted by Crippen LogP contribution is -1.94. The molecule has 0 fully saturated rings. The summed E-state index contributed by atoms with van der Waals surface area (Å²) in [5.74, 6) is -0.0651. The number of halogens is 2. The summed E-state index contributed by atoms with van der Waals surface area (Å²) in [6.45, 7) is 0.359. The van der Waals surface area contributed by atoms with E-state index >= 15 is 0 Å². The van der Waals surface area contributed by atoms with E-state index in [2.05, 4.69) is 0 Å². The quantitative estimate of drug-likeness (QED) is 0.639. The minimum absolute atomic E-state index is 0.276. The number of hydrogen-bond donors (Lipinski definition) is 0. The lowest BCUT2D eigenvalue weighted by molar-refractivity contribution is 0.293. The molecule has 3 rings (SSSR count). The van der Waals surface area contributed by atoms with Crippen molar-refractivity contribution < 1.29 is 9.13 Å². The Hall–Kier alpha value is -1.58. The van der Waals surface area contributed by atoms with Gasteiger partial charge in [-0.2, -0.15) is 0 Å². The lowest BCUT2D eigenvalue weighted by atomic mass is 10.2. The van der Waals surface area contributed by atoms with Crippen molar-refractivity contribution in [1.29, 1.82) is 0 Å². The topological polar surface area (TPSA) is 9.23 Å². The van der Waals surface area contributed by atoms with E-state index in [-0.39, 0.29) is 11.6 Å². The van der Waals surface area contributed by atoms with Crippen LogP contribution in [0.2, 0.25) is 5.02 Å². The van der Waals surface area contributed by atoms with Gasteiger partial charge in [0.15, 0.2) is 11.6 Å². The van der Waals surface area contributed by atoms with E-state index in [4.69, 9.17) is 16.3 Å². The predicted molar refractivity (Wildman–Crippen MR) is 77.6 cm³/mol. The van der Waals surface area contributed by atoms with Gasteiger partial charge in [0.2, 0.25) is 0 Å². The molecule has 0 saturated carbocycles. The second kappa shape index (κ2) is 5.19. The maximum atomic E-state index is 13.4. The molecule has 0 aliphatic rings. The minimum Gasteiger partial charge on any atom is -0.485 e. The Morgan fingerprint density at radius 3 is 2.79 bits per heavy atom. The summed E-state index contributed by atoms with van der Waals surface area (Å²) < 4.78 is 20.0. The monoisotopic (exact) mass is 292 g/mol. The summed E-state index contributed by atoms with van der Waals surface area (Å²) >= 11 is 7.57. The van der Waals surface area contributed by atoms with E-state index in [1.807, 2.05) is 24.3 Å². The summed E-state index contributed by atoms with van der Waals surface area (Å²) in [6, 6.07) is 14.2. The maximum absolute atomic E-state index is 13.4. The van der Waals surface area contributed by atoms with E-state index in [0.717, 1.165) is 15.0 Å². The smallest absolute Gasteiger partial charge is 0.165 e. The van der Waals surface area contributed by atoms with Gasteiger partial charge in [0.25, 0.3) is 0 Å². The zero-order valence-electron chi connectivity index (χ0n) is 9.90. The van der Waals surface area contributed by atoms with Crippen LogP contribution < -0.4 is 4.74 Å². The van der Waals surface area contributed by atoms with E-state index in [9.17, 15) is 4.39 Å². The second-order valence-corrected chi connectivity index (χ2v) is 5.72. The van der Waals surface area contributed by atoms with Crippen LogP contribution >= 0.6 is 22.9 Å². The Balaban J connectivity index is 1.80. The first-order valence-electron chi connectivity index (χ1n) is 5.78. The summed E-state index contributed by atoms with van der Waals surface area (Å²) in [4.78, 5) is 1.04. The third-order valence-corrected chi connectivity index (χ3v) is 4.06. The zero-order valence-corrected chi connectivity index (χ0v) is 11.5. The van der Waals surface area contributed by atoms with Crippen LogP contribution in [-0.4, -0.2) is 0 Å². The van der Waals surface area contributed by atoms with E-state index < -0.39 is 0 Å². The molecule has 0 unspecified atom stereocenters. The lowest BCUT2D eigenvalue weighted by Gasteiger charge is -2.04. The number of fused-ring (bicyclic) bond motifs is 1.